The van der Waals surface area contributed by atoms with Crippen LogP contribution < -0.4 is 5.32 Å². The molecule has 0 aromatic rings. The van der Waals surface area contributed by atoms with Crippen LogP contribution in [0.3, 0.4) is 0 Å². The second-order valence-corrected chi connectivity index (χ2v) is 17.0. The first-order valence-corrected chi connectivity index (χ1v) is 24.5. The minimum Gasteiger partial charge on any atom is -0.394 e. The zero-order valence-corrected chi connectivity index (χ0v) is 36.6. The van der Waals surface area contributed by atoms with Gasteiger partial charge in [-0.2, -0.15) is 0 Å². The van der Waals surface area contributed by atoms with Gasteiger partial charge in [-0.15, -0.1) is 0 Å². The minimum absolute atomic E-state index is 0.359. The highest BCUT2D eigenvalue weighted by molar-refractivity contribution is 5.80. The zero-order chi connectivity index (χ0) is 39.4. The second kappa shape index (κ2) is 44.8. The molecule has 0 fully saturated rings. The molecule has 0 aliphatic carbocycles. The Kier molecular flexibility index (Phi) is 44.0. The Morgan fingerprint density at radius 2 is 0.722 bits per heavy atom. The summed E-state index contributed by atoms with van der Waals surface area (Å²) in [5.41, 5.74) is 0. The van der Waals surface area contributed by atoms with Gasteiger partial charge in [0, 0.05) is 0 Å². The van der Waals surface area contributed by atoms with Gasteiger partial charge in [-0.05, 0) is 19.3 Å². The van der Waals surface area contributed by atoms with Crippen LogP contribution in [0.1, 0.15) is 271 Å². The minimum atomic E-state index is -1.09. The number of aliphatic hydroxyl groups excluding tert-OH is 3. The third-order valence-corrected chi connectivity index (χ3v) is 11.6. The molecule has 5 nitrogen and oxygen atoms in total. The summed E-state index contributed by atoms with van der Waals surface area (Å²) in [6.45, 7) is 4.20. The molecule has 0 saturated heterocycles. The van der Waals surface area contributed by atoms with E-state index >= 15 is 0 Å². The SMILES string of the molecule is CCCCCCCCCCCCCCC/C=C/C(O)C(CO)NC(=O)C(O)CCCCCCCCCCCCCCCCCCCCCCCCCCC. The van der Waals surface area contributed by atoms with E-state index in [2.05, 4.69) is 19.2 Å². The van der Waals surface area contributed by atoms with Crippen LogP contribution in [0.2, 0.25) is 0 Å². The maximum Gasteiger partial charge on any atom is 0.249 e. The van der Waals surface area contributed by atoms with Crippen molar-refractivity contribution in [1.82, 2.24) is 5.32 Å². The molecule has 54 heavy (non-hydrogen) atoms. The molecule has 0 bridgehead atoms. The van der Waals surface area contributed by atoms with E-state index in [-0.39, 0.29) is 6.61 Å². The Labute approximate surface area is 338 Å². The molecular weight excluding hydrogens is 667 g/mol. The van der Waals surface area contributed by atoms with Gasteiger partial charge in [0.2, 0.25) is 5.91 Å². The van der Waals surface area contributed by atoms with Gasteiger partial charge < -0.3 is 20.6 Å². The third-order valence-electron chi connectivity index (χ3n) is 11.6. The van der Waals surface area contributed by atoms with Gasteiger partial charge in [0.25, 0.3) is 0 Å². The fourth-order valence-electron chi connectivity index (χ4n) is 7.78. The summed E-state index contributed by atoms with van der Waals surface area (Å²) in [7, 11) is 0. The summed E-state index contributed by atoms with van der Waals surface area (Å²) < 4.78 is 0. The molecule has 3 unspecified atom stereocenters. The Balaban J connectivity index is 3.56. The standard InChI is InChI=1S/C49H97NO4/c1-3-5-7-9-11-13-15-17-19-20-21-22-23-24-25-26-27-28-30-32-34-36-38-40-42-44-48(53)49(54)50-46(45-51)47(52)43-41-39-37-35-33-31-29-18-16-14-12-10-8-6-4-2/h41,43,46-48,51-53H,3-40,42,44-45H2,1-2H3,(H,50,54)/b43-41+. The van der Waals surface area contributed by atoms with Crippen molar-refractivity contribution < 1.29 is 20.1 Å². The molecule has 0 aliphatic rings. The van der Waals surface area contributed by atoms with Crippen LogP contribution in [0.5, 0.6) is 0 Å². The van der Waals surface area contributed by atoms with E-state index in [1.165, 1.54) is 218 Å². The Bertz CT molecular complexity index is 758. The van der Waals surface area contributed by atoms with Crippen molar-refractivity contribution in [1.29, 1.82) is 0 Å². The van der Waals surface area contributed by atoms with Crippen molar-refractivity contribution in [2.45, 2.75) is 289 Å². The number of hydrogen-bond acceptors (Lipinski definition) is 4. The van der Waals surface area contributed by atoms with Crippen molar-refractivity contribution in [3.63, 3.8) is 0 Å². The first kappa shape index (κ1) is 53.1. The van der Waals surface area contributed by atoms with Crippen LogP contribution >= 0.6 is 0 Å². The van der Waals surface area contributed by atoms with Crippen molar-refractivity contribution in [2.75, 3.05) is 6.61 Å². The van der Waals surface area contributed by atoms with E-state index in [1.807, 2.05) is 6.08 Å². The molecule has 0 aromatic carbocycles. The van der Waals surface area contributed by atoms with E-state index in [0.717, 1.165) is 32.1 Å². The maximum atomic E-state index is 12.5. The summed E-state index contributed by atoms with van der Waals surface area (Å²) in [5.74, 6) is -0.498. The molecule has 0 rings (SSSR count). The van der Waals surface area contributed by atoms with Crippen LogP contribution in [0.4, 0.5) is 0 Å². The first-order valence-electron chi connectivity index (χ1n) is 24.5. The number of allylic oxidation sites excluding steroid dienone is 1. The summed E-state index contributed by atoms with van der Waals surface area (Å²) in [4.78, 5) is 12.5. The Hall–Kier alpha value is -0.910. The van der Waals surface area contributed by atoms with Crippen molar-refractivity contribution in [3.8, 4) is 0 Å². The molecule has 1 amide bonds. The number of amides is 1. The Morgan fingerprint density at radius 3 is 1.02 bits per heavy atom. The highest BCUT2D eigenvalue weighted by Crippen LogP contribution is 2.17. The number of rotatable bonds is 45. The summed E-state index contributed by atoms with van der Waals surface area (Å²) >= 11 is 0. The quantitative estimate of drug-likeness (QED) is 0.0367. The van der Waals surface area contributed by atoms with Crippen molar-refractivity contribution in [2.24, 2.45) is 0 Å². The van der Waals surface area contributed by atoms with Crippen LogP contribution in [0, 0.1) is 0 Å². The predicted molar refractivity (Wildman–Crippen MR) is 236 cm³/mol. The fourth-order valence-corrected chi connectivity index (χ4v) is 7.78. The van der Waals surface area contributed by atoms with Crippen molar-refractivity contribution in [3.05, 3.63) is 12.2 Å². The molecule has 0 spiro atoms. The van der Waals surface area contributed by atoms with E-state index in [0.29, 0.717) is 6.42 Å². The predicted octanol–water partition coefficient (Wildman–Crippen LogP) is 14.4. The average molecular weight is 764 g/mol. The molecule has 3 atom stereocenters. The molecule has 0 aromatic heterocycles. The summed E-state index contributed by atoms with van der Waals surface area (Å²) in [5, 5.41) is 33.2. The zero-order valence-electron chi connectivity index (χ0n) is 36.6. The molecular formula is C49H97NO4. The number of aliphatic hydroxyl groups is 3. The first-order chi connectivity index (χ1) is 26.6. The highest BCUT2D eigenvalue weighted by atomic mass is 16.3. The summed E-state index contributed by atoms with van der Waals surface area (Å²) in [6.07, 6.45) is 54.1. The largest absolute Gasteiger partial charge is 0.394 e. The fraction of sp³-hybridized carbons (Fsp3) is 0.939. The van der Waals surface area contributed by atoms with Crippen LogP contribution in [0.15, 0.2) is 12.2 Å². The molecule has 0 aliphatic heterocycles. The van der Waals surface area contributed by atoms with E-state index < -0.39 is 24.2 Å². The van der Waals surface area contributed by atoms with Gasteiger partial charge in [-0.1, -0.05) is 264 Å². The lowest BCUT2D eigenvalue weighted by molar-refractivity contribution is -0.131. The number of hydrogen-bond donors (Lipinski definition) is 4. The normalized spacial score (nSPS) is 13.5. The average Bonchev–Trinajstić information content (AvgIpc) is 3.18. The topological polar surface area (TPSA) is 89.8 Å². The molecule has 5 heteroatoms. The molecule has 0 heterocycles. The number of carbonyl (C=O) groups excluding carboxylic acids is 1. The second-order valence-electron chi connectivity index (χ2n) is 17.0. The van der Waals surface area contributed by atoms with E-state index in [1.54, 1.807) is 6.08 Å². The van der Waals surface area contributed by atoms with E-state index in [4.69, 9.17) is 0 Å². The lowest BCUT2D eigenvalue weighted by Gasteiger charge is -2.21. The van der Waals surface area contributed by atoms with Gasteiger partial charge in [0.05, 0.1) is 18.8 Å². The highest BCUT2D eigenvalue weighted by Gasteiger charge is 2.22. The third kappa shape index (κ3) is 39.3. The van der Waals surface area contributed by atoms with Gasteiger partial charge in [-0.3, -0.25) is 4.79 Å². The number of unbranched alkanes of at least 4 members (excludes halogenated alkanes) is 37. The monoisotopic (exact) mass is 764 g/mol. The molecule has 322 valence electrons. The van der Waals surface area contributed by atoms with Gasteiger partial charge >= 0.3 is 0 Å². The molecule has 4 N–H and O–H groups in total. The van der Waals surface area contributed by atoms with Crippen LogP contribution in [0.25, 0.3) is 0 Å². The summed E-state index contributed by atoms with van der Waals surface area (Å²) in [6, 6.07) is -0.792. The van der Waals surface area contributed by atoms with Gasteiger partial charge in [-0.25, -0.2) is 0 Å². The molecule has 0 saturated carbocycles. The van der Waals surface area contributed by atoms with Crippen LogP contribution in [-0.4, -0.2) is 46.1 Å². The van der Waals surface area contributed by atoms with E-state index in [9.17, 15) is 20.1 Å². The number of carbonyl (C=O) groups is 1. The van der Waals surface area contributed by atoms with Gasteiger partial charge in [0.15, 0.2) is 0 Å². The Morgan fingerprint density at radius 1 is 0.444 bits per heavy atom. The number of nitrogens with one attached hydrogen (secondary N) is 1. The van der Waals surface area contributed by atoms with Crippen molar-refractivity contribution >= 4 is 5.91 Å². The lowest BCUT2D eigenvalue weighted by atomic mass is 10.0. The maximum absolute atomic E-state index is 12.5. The molecule has 0 radical (unpaired) electrons. The van der Waals surface area contributed by atoms with Crippen LogP contribution in [-0.2, 0) is 4.79 Å². The lowest BCUT2D eigenvalue weighted by Crippen LogP contribution is -2.48. The van der Waals surface area contributed by atoms with Gasteiger partial charge in [0.1, 0.15) is 6.10 Å². The smallest absolute Gasteiger partial charge is 0.249 e.